The van der Waals surface area contributed by atoms with Crippen LogP contribution < -0.4 is 11.1 Å². The quantitative estimate of drug-likeness (QED) is 0.757. The Hall–Kier alpha value is -1.26. The highest BCUT2D eigenvalue weighted by atomic mass is 35.5. The third-order valence-corrected chi connectivity index (χ3v) is 4.83. The molecular formula is C14H16ClF5N4S. The van der Waals surface area contributed by atoms with Crippen molar-refractivity contribution in [1.29, 1.82) is 0 Å². The van der Waals surface area contributed by atoms with Crippen LogP contribution >= 0.6 is 23.7 Å². The van der Waals surface area contributed by atoms with E-state index in [1.807, 2.05) is 0 Å². The predicted octanol–water partition coefficient (Wildman–Crippen LogP) is 4.14. The number of rotatable bonds is 3. The molecule has 2 atom stereocenters. The van der Waals surface area contributed by atoms with Gasteiger partial charge in [0.1, 0.15) is 17.0 Å². The molecule has 0 aliphatic heterocycles. The summed E-state index contributed by atoms with van der Waals surface area (Å²) < 4.78 is 64.9. The van der Waals surface area contributed by atoms with Crippen molar-refractivity contribution in [2.45, 2.75) is 49.9 Å². The Bertz CT molecular complexity index is 736. The molecule has 0 saturated heterocycles. The number of halogens is 6. The lowest BCUT2D eigenvalue weighted by Crippen LogP contribution is -2.44. The van der Waals surface area contributed by atoms with Gasteiger partial charge in [-0.3, -0.25) is 0 Å². The van der Waals surface area contributed by atoms with Crippen LogP contribution in [0.3, 0.4) is 0 Å². The van der Waals surface area contributed by atoms with E-state index < -0.39 is 30.6 Å². The van der Waals surface area contributed by atoms with Crippen LogP contribution in [0.15, 0.2) is 12.4 Å². The highest BCUT2D eigenvalue weighted by Gasteiger charge is 2.40. The number of nitrogens with two attached hydrogens (primary N) is 1. The highest BCUT2D eigenvalue weighted by molar-refractivity contribution is 7.18. The zero-order chi connectivity index (χ0) is 17.5. The highest BCUT2D eigenvalue weighted by Crippen LogP contribution is 2.36. The summed E-state index contributed by atoms with van der Waals surface area (Å²) in [5.74, 6) is -2.60. The fourth-order valence-corrected chi connectivity index (χ4v) is 3.99. The molecule has 1 aliphatic carbocycles. The summed E-state index contributed by atoms with van der Waals surface area (Å²) in [4.78, 5) is 8.45. The van der Waals surface area contributed by atoms with E-state index in [1.165, 1.54) is 12.4 Å². The number of alkyl halides is 5. The molecule has 0 radical (unpaired) electrons. The molecule has 1 aliphatic rings. The summed E-state index contributed by atoms with van der Waals surface area (Å²) in [6, 6.07) is 0.135. The Morgan fingerprint density at radius 3 is 2.64 bits per heavy atom. The normalized spacial score (nSPS) is 23.3. The van der Waals surface area contributed by atoms with E-state index in [0.717, 1.165) is 11.3 Å². The standard InChI is InChI=1S/C14H15F5N4S.ClH/c15-13(16)3-7(20)1-8(4-13)23-11-10-2-9(5-14(17,18)19)24-12(10)22-6-21-11;/h2,6-8H,1,3-5,20H2,(H,21,22,23);1H/t7-,8+;/m1./s1. The van der Waals surface area contributed by atoms with E-state index in [1.54, 1.807) is 0 Å². The van der Waals surface area contributed by atoms with Crippen LogP contribution in [0, 0.1) is 0 Å². The predicted molar refractivity (Wildman–Crippen MR) is 88.6 cm³/mol. The summed E-state index contributed by atoms with van der Waals surface area (Å²) in [5.41, 5.74) is 5.66. The molecule has 2 heterocycles. The molecule has 0 amide bonds. The van der Waals surface area contributed by atoms with Crippen molar-refractivity contribution in [2.24, 2.45) is 5.73 Å². The first-order valence-corrected chi connectivity index (χ1v) is 8.13. The number of hydrogen-bond acceptors (Lipinski definition) is 5. The minimum Gasteiger partial charge on any atom is -0.366 e. The molecule has 2 aromatic heterocycles. The smallest absolute Gasteiger partial charge is 0.366 e. The molecule has 3 rings (SSSR count). The zero-order valence-corrected chi connectivity index (χ0v) is 14.4. The second-order valence-corrected chi connectivity index (χ2v) is 7.16. The SMILES string of the molecule is Cl.N[C@@H]1C[C@H](Nc2ncnc3sc(CC(F)(F)F)cc23)CC(F)(F)C1. The molecule has 0 bridgehead atoms. The summed E-state index contributed by atoms with van der Waals surface area (Å²) in [6.07, 6.45) is -4.57. The lowest BCUT2D eigenvalue weighted by Gasteiger charge is -2.33. The number of hydrogen-bond donors (Lipinski definition) is 2. The number of nitrogens with zero attached hydrogens (tertiary/aromatic N) is 2. The third kappa shape index (κ3) is 5.11. The minimum atomic E-state index is -4.32. The molecule has 1 fully saturated rings. The van der Waals surface area contributed by atoms with Gasteiger partial charge in [-0.2, -0.15) is 13.2 Å². The van der Waals surface area contributed by atoms with E-state index in [9.17, 15) is 22.0 Å². The molecular weight excluding hydrogens is 387 g/mol. The molecule has 0 spiro atoms. The van der Waals surface area contributed by atoms with Gasteiger partial charge in [0.05, 0.1) is 11.8 Å². The Morgan fingerprint density at radius 2 is 2.00 bits per heavy atom. The topological polar surface area (TPSA) is 63.8 Å². The Balaban J connectivity index is 0.00000225. The van der Waals surface area contributed by atoms with Crippen LogP contribution in [0.25, 0.3) is 10.2 Å². The van der Waals surface area contributed by atoms with Crippen molar-refractivity contribution in [3.05, 3.63) is 17.3 Å². The number of anilines is 1. The van der Waals surface area contributed by atoms with Crippen molar-refractivity contribution < 1.29 is 22.0 Å². The molecule has 25 heavy (non-hydrogen) atoms. The molecule has 2 aromatic rings. The Morgan fingerprint density at radius 1 is 1.28 bits per heavy atom. The van der Waals surface area contributed by atoms with Crippen molar-refractivity contribution in [3.8, 4) is 0 Å². The van der Waals surface area contributed by atoms with Crippen LogP contribution in [0.5, 0.6) is 0 Å². The van der Waals surface area contributed by atoms with Crippen molar-refractivity contribution in [3.63, 3.8) is 0 Å². The van der Waals surface area contributed by atoms with Gasteiger partial charge in [0.25, 0.3) is 5.92 Å². The van der Waals surface area contributed by atoms with Crippen molar-refractivity contribution in [2.75, 3.05) is 5.32 Å². The fraction of sp³-hybridized carbons (Fsp3) is 0.571. The maximum atomic E-state index is 13.6. The number of nitrogens with one attached hydrogen (secondary N) is 1. The van der Waals surface area contributed by atoms with Gasteiger partial charge >= 0.3 is 6.18 Å². The maximum absolute atomic E-state index is 13.6. The average molecular weight is 403 g/mol. The van der Waals surface area contributed by atoms with Gasteiger partial charge < -0.3 is 11.1 Å². The monoisotopic (exact) mass is 402 g/mol. The van der Waals surface area contributed by atoms with E-state index in [-0.39, 0.29) is 35.9 Å². The second kappa shape index (κ2) is 7.16. The summed E-state index contributed by atoms with van der Waals surface area (Å²) in [7, 11) is 0. The van der Waals surface area contributed by atoms with Crippen molar-refractivity contribution in [1.82, 2.24) is 9.97 Å². The molecule has 1 saturated carbocycles. The molecule has 4 nitrogen and oxygen atoms in total. The molecule has 3 N–H and O–H groups in total. The first-order chi connectivity index (χ1) is 11.1. The molecule has 140 valence electrons. The Kier molecular flexibility index (Phi) is 5.75. The van der Waals surface area contributed by atoms with Gasteiger partial charge in [-0.05, 0) is 12.5 Å². The van der Waals surface area contributed by atoms with Crippen molar-refractivity contribution >= 4 is 39.8 Å². The molecule has 11 heteroatoms. The third-order valence-electron chi connectivity index (χ3n) is 3.79. The molecule has 0 aromatic carbocycles. The first kappa shape index (κ1) is 20.1. The van der Waals surface area contributed by atoms with E-state index >= 15 is 0 Å². The summed E-state index contributed by atoms with van der Waals surface area (Å²) in [6.45, 7) is 0. The van der Waals surface area contributed by atoms with Gasteiger partial charge in [0.15, 0.2) is 0 Å². The minimum absolute atomic E-state index is 0. The van der Waals surface area contributed by atoms with E-state index in [2.05, 4.69) is 15.3 Å². The number of aromatic nitrogens is 2. The van der Waals surface area contributed by atoms with Gasteiger partial charge in [-0.25, -0.2) is 18.7 Å². The lowest BCUT2D eigenvalue weighted by molar-refractivity contribution is -0.126. The van der Waals surface area contributed by atoms with E-state index in [4.69, 9.17) is 5.73 Å². The van der Waals surface area contributed by atoms with Gasteiger partial charge in [0.2, 0.25) is 0 Å². The lowest BCUT2D eigenvalue weighted by atomic mass is 9.88. The first-order valence-electron chi connectivity index (χ1n) is 7.31. The van der Waals surface area contributed by atoms with Gasteiger partial charge in [-0.1, -0.05) is 0 Å². The Labute approximate surface area is 150 Å². The molecule has 0 unspecified atom stereocenters. The van der Waals surface area contributed by atoms with Crippen LogP contribution in [0.2, 0.25) is 0 Å². The summed E-state index contributed by atoms with van der Waals surface area (Å²) in [5, 5.41) is 3.31. The van der Waals surface area contributed by atoms with Crippen LogP contribution in [-0.2, 0) is 6.42 Å². The number of fused-ring (bicyclic) bond motifs is 1. The van der Waals surface area contributed by atoms with Crippen LogP contribution in [-0.4, -0.2) is 34.2 Å². The average Bonchev–Trinajstić information content (AvgIpc) is 2.77. The van der Waals surface area contributed by atoms with E-state index in [0.29, 0.717) is 16.6 Å². The van der Waals surface area contributed by atoms with Gasteiger partial charge in [-0.15, -0.1) is 23.7 Å². The second-order valence-electron chi connectivity index (χ2n) is 6.05. The van der Waals surface area contributed by atoms with Crippen LogP contribution in [0.4, 0.5) is 27.8 Å². The maximum Gasteiger partial charge on any atom is 0.393 e. The summed E-state index contributed by atoms with van der Waals surface area (Å²) >= 11 is 0.917. The van der Waals surface area contributed by atoms with Crippen LogP contribution in [0.1, 0.15) is 24.1 Å². The number of thiophene rings is 1. The van der Waals surface area contributed by atoms with Gasteiger partial charge in [0, 0.05) is 29.8 Å². The fourth-order valence-electron chi connectivity index (χ4n) is 2.97. The largest absolute Gasteiger partial charge is 0.393 e. The zero-order valence-electron chi connectivity index (χ0n) is 12.8.